The highest BCUT2D eigenvalue weighted by atomic mass is 32.2. The zero-order valence-corrected chi connectivity index (χ0v) is 11.3. The molecule has 18 heavy (non-hydrogen) atoms. The number of benzene rings is 1. The van der Waals surface area contributed by atoms with Gasteiger partial charge in [-0.3, -0.25) is 0 Å². The molecule has 0 aromatic heterocycles. The van der Waals surface area contributed by atoms with Crippen LogP contribution in [0.5, 0.6) is 0 Å². The van der Waals surface area contributed by atoms with Gasteiger partial charge in [-0.05, 0) is 30.9 Å². The predicted molar refractivity (Wildman–Crippen MR) is 70.7 cm³/mol. The monoisotopic (exact) mass is 269 g/mol. The second kappa shape index (κ2) is 5.38. The Bertz CT molecular complexity index is 513. The second-order valence-corrected chi connectivity index (χ2v) is 6.67. The molecule has 0 spiro atoms. The van der Waals surface area contributed by atoms with Gasteiger partial charge < -0.3 is 4.74 Å². The Hall–Kier alpha value is -0.910. The van der Waals surface area contributed by atoms with Crippen molar-refractivity contribution in [3.63, 3.8) is 0 Å². The van der Waals surface area contributed by atoms with E-state index in [4.69, 9.17) is 9.88 Å². The van der Waals surface area contributed by atoms with Gasteiger partial charge >= 0.3 is 0 Å². The number of primary sulfonamides is 1. The van der Waals surface area contributed by atoms with Crippen molar-refractivity contribution < 1.29 is 13.2 Å². The molecule has 2 rings (SSSR count). The molecule has 0 saturated carbocycles. The molecule has 1 saturated heterocycles. The third-order valence-corrected chi connectivity index (χ3v) is 5.03. The van der Waals surface area contributed by atoms with Gasteiger partial charge in [0.2, 0.25) is 10.0 Å². The number of aryl methyl sites for hydroxylation is 1. The molecule has 0 aliphatic carbocycles. The summed E-state index contributed by atoms with van der Waals surface area (Å²) in [7, 11) is -3.49. The fourth-order valence-corrected chi connectivity index (χ4v) is 3.66. The summed E-state index contributed by atoms with van der Waals surface area (Å²) in [4.78, 5) is 0. The Kier molecular flexibility index (Phi) is 4.04. The fourth-order valence-electron chi connectivity index (χ4n) is 2.52. The molecule has 0 radical (unpaired) electrons. The summed E-state index contributed by atoms with van der Waals surface area (Å²) >= 11 is 0. The molecule has 0 unspecified atom stereocenters. The van der Waals surface area contributed by atoms with Crippen LogP contribution >= 0.6 is 0 Å². The highest BCUT2D eigenvalue weighted by Gasteiger charge is 2.34. The first-order valence-corrected chi connectivity index (χ1v) is 7.73. The first kappa shape index (κ1) is 13.5. The number of hydrogen-bond acceptors (Lipinski definition) is 3. The van der Waals surface area contributed by atoms with Crippen LogP contribution in [0.1, 0.15) is 17.5 Å². The lowest BCUT2D eigenvalue weighted by Crippen LogP contribution is -2.42. The third-order valence-electron chi connectivity index (χ3n) is 3.57. The van der Waals surface area contributed by atoms with Crippen LogP contribution in [0.4, 0.5) is 0 Å². The van der Waals surface area contributed by atoms with E-state index in [1.54, 1.807) is 0 Å². The van der Waals surface area contributed by atoms with Crippen molar-refractivity contribution in [3.8, 4) is 0 Å². The molecule has 100 valence electrons. The van der Waals surface area contributed by atoms with Gasteiger partial charge in [0.1, 0.15) is 0 Å². The molecule has 1 aromatic rings. The first-order chi connectivity index (χ1) is 8.48. The van der Waals surface area contributed by atoms with E-state index in [0.29, 0.717) is 26.1 Å². The van der Waals surface area contributed by atoms with Crippen molar-refractivity contribution in [1.29, 1.82) is 0 Å². The molecule has 4 nitrogen and oxygen atoms in total. The van der Waals surface area contributed by atoms with Gasteiger partial charge in [-0.15, -0.1) is 0 Å². The average molecular weight is 269 g/mol. The molecule has 1 heterocycles. The predicted octanol–water partition coefficient (Wildman–Crippen LogP) is 1.23. The summed E-state index contributed by atoms with van der Waals surface area (Å²) in [6, 6.07) is 8.01. The largest absolute Gasteiger partial charge is 0.381 e. The third kappa shape index (κ3) is 3.10. The maximum absolute atomic E-state index is 11.6. The van der Waals surface area contributed by atoms with Crippen molar-refractivity contribution in [2.24, 2.45) is 11.1 Å². The second-order valence-electron chi connectivity index (χ2n) is 4.88. The van der Waals surface area contributed by atoms with Crippen LogP contribution in [0.2, 0.25) is 0 Å². The molecular formula is C13H19NO3S. The molecule has 1 aliphatic heterocycles. The van der Waals surface area contributed by atoms with E-state index in [1.165, 1.54) is 11.1 Å². The number of rotatable bonds is 3. The molecule has 0 bridgehead atoms. The van der Waals surface area contributed by atoms with Gasteiger partial charge in [0.25, 0.3) is 0 Å². The van der Waals surface area contributed by atoms with Crippen LogP contribution in [0.3, 0.4) is 0 Å². The molecule has 1 fully saturated rings. The number of hydrogen-bond donors (Lipinski definition) is 1. The van der Waals surface area contributed by atoms with Crippen molar-refractivity contribution in [2.45, 2.75) is 25.0 Å². The maximum Gasteiger partial charge on any atom is 0.212 e. The molecule has 0 amide bonds. The Balaban J connectivity index is 2.18. The minimum atomic E-state index is -3.49. The lowest BCUT2D eigenvalue weighted by molar-refractivity contribution is 0.0572. The lowest BCUT2D eigenvalue weighted by Gasteiger charge is -2.30. The standard InChI is InChI=1S/C13H19NO3S/c1-10-4-2-3-5-11(10)8-12-9-17-7-6-13(12)18(14,15)16/h2-5,12-13H,6-9H2,1H3,(H2,14,15,16)/t12-,13+/m1/s1. The SMILES string of the molecule is Cc1ccccc1C[C@@H]1COCC[C@@H]1S(N)(=O)=O. The van der Waals surface area contributed by atoms with E-state index in [1.807, 2.05) is 31.2 Å². The maximum atomic E-state index is 11.6. The smallest absolute Gasteiger partial charge is 0.212 e. The minimum Gasteiger partial charge on any atom is -0.381 e. The summed E-state index contributed by atoms with van der Waals surface area (Å²) in [5.74, 6) is -0.0464. The van der Waals surface area contributed by atoms with Gasteiger partial charge in [0.05, 0.1) is 11.9 Å². The van der Waals surface area contributed by atoms with Crippen LogP contribution in [0.15, 0.2) is 24.3 Å². The summed E-state index contributed by atoms with van der Waals surface area (Å²) in [5, 5.41) is 4.83. The lowest BCUT2D eigenvalue weighted by atomic mass is 9.91. The Morgan fingerprint density at radius 3 is 2.78 bits per heavy atom. The van der Waals surface area contributed by atoms with Gasteiger partial charge in [-0.2, -0.15) is 0 Å². The van der Waals surface area contributed by atoms with Crippen molar-refractivity contribution in [3.05, 3.63) is 35.4 Å². The van der Waals surface area contributed by atoms with Crippen LogP contribution in [0.25, 0.3) is 0 Å². The van der Waals surface area contributed by atoms with Crippen molar-refractivity contribution >= 4 is 10.0 Å². The van der Waals surface area contributed by atoms with E-state index in [9.17, 15) is 8.42 Å². The van der Waals surface area contributed by atoms with E-state index in [0.717, 1.165) is 0 Å². The molecule has 1 aliphatic rings. The van der Waals surface area contributed by atoms with E-state index in [2.05, 4.69) is 0 Å². The first-order valence-electron chi connectivity index (χ1n) is 6.12. The van der Waals surface area contributed by atoms with Crippen LogP contribution in [-0.4, -0.2) is 26.9 Å². The summed E-state index contributed by atoms with van der Waals surface area (Å²) in [5.41, 5.74) is 2.35. The zero-order chi connectivity index (χ0) is 13.2. The topological polar surface area (TPSA) is 69.4 Å². The molecule has 5 heteroatoms. The molecule has 2 N–H and O–H groups in total. The number of sulfonamides is 1. The number of nitrogens with two attached hydrogens (primary N) is 1. The Labute approximate surface area is 108 Å². The van der Waals surface area contributed by atoms with Gasteiger partial charge in [0, 0.05) is 12.5 Å². The van der Waals surface area contributed by atoms with Gasteiger partial charge in [-0.25, -0.2) is 13.6 Å². The zero-order valence-electron chi connectivity index (χ0n) is 10.5. The summed E-state index contributed by atoms with van der Waals surface area (Å²) in [6.07, 6.45) is 1.20. The van der Waals surface area contributed by atoms with Gasteiger partial charge in [-0.1, -0.05) is 24.3 Å². The highest BCUT2D eigenvalue weighted by molar-refractivity contribution is 7.89. The van der Waals surface area contributed by atoms with Crippen LogP contribution in [0, 0.1) is 12.8 Å². The average Bonchev–Trinajstić information content (AvgIpc) is 2.31. The van der Waals surface area contributed by atoms with Crippen molar-refractivity contribution in [2.75, 3.05) is 13.2 Å². The molecule has 1 aromatic carbocycles. The Morgan fingerprint density at radius 1 is 1.39 bits per heavy atom. The minimum absolute atomic E-state index is 0.0464. The molecular weight excluding hydrogens is 250 g/mol. The quantitative estimate of drug-likeness (QED) is 0.897. The summed E-state index contributed by atoms with van der Waals surface area (Å²) in [6.45, 7) is 2.98. The van der Waals surface area contributed by atoms with Crippen LogP contribution in [-0.2, 0) is 21.2 Å². The van der Waals surface area contributed by atoms with E-state index in [-0.39, 0.29) is 5.92 Å². The normalized spacial score (nSPS) is 25.0. The summed E-state index contributed by atoms with van der Waals surface area (Å²) < 4.78 is 28.6. The highest BCUT2D eigenvalue weighted by Crippen LogP contribution is 2.25. The molecule has 2 atom stereocenters. The Morgan fingerprint density at radius 2 is 2.11 bits per heavy atom. The van der Waals surface area contributed by atoms with Gasteiger partial charge in [0.15, 0.2) is 0 Å². The van der Waals surface area contributed by atoms with E-state index >= 15 is 0 Å². The number of ether oxygens (including phenoxy) is 1. The van der Waals surface area contributed by atoms with Crippen LogP contribution < -0.4 is 5.14 Å². The van der Waals surface area contributed by atoms with E-state index < -0.39 is 15.3 Å². The van der Waals surface area contributed by atoms with Crippen molar-refractivity contribution in [1.82, 2.24) is 0 Å². The fraction of sp³-hybridized carbons (Fsp3) is 0.538.